The van der Waals surface area contributed by atoms with Crippen molar-refractivity contribution in [2.45, 2.75) is 6.54 Å². The molecule has 0 spiro atoms. The number of hydrogen-bond donors (Lipinski definition) is 1. The van der Waals surface area contributed by atoms with Crippen LogP contribution >= 0.6 is 11.3 Å². The number of carbonyl (C=O) groups excluding carboxylic acids is 2. The molecule has 0 aliphatic carbocycles. The second kappa shape index (κ2) is 3.36. The van der Waals surface area contributed by atoms with E-state index in [1.165, 1.54) is 23.5 Å². The van der Waals surface area contributed by atoms with Crippen LogP contribution in [0.4, 0.5) is 5.00 Å². The molecule has 0 radical (unpaired) electrons. The minimum Gasteiger partial charge on any atom is -0.326 e. The molecule has 1 aromatic heterocycles. The van der Waals surface area contributed by atoms with Crippen molar-refractivity contribution in [1.29, 1.82) is 0 Å². The first kappa shape index (κ1) is 9.11. The van der Waals surface area contributed by atoms with Crippen molar-refractivity contribution in [3.63, 3.8) is 0 Å². The number of nitrogens with two attached hydrogens (primary N) is 1. The second-order valence-electron chi connectivity index (χ2n) is 2.79. The zero-order valence-electron chi connectivity index (χ0n) is 7.27. The van der Waals surface area contributed by atoms with E-state index in [-0.39, 0.29) is 11.8 Å². The lowest BCUT2D eigenvalue weighted by molar-refractivity contribution is -0.119. The first-order chi connectivity index (χ1) is 6.72. The molecule has 2 N–H and O–H groups in total. The molecule has 1 aromatic rings. The molecule has 2 amide bonds. The van der Waals surface area contributed by atoms with E-state index in [1.807, 2.05) is 6.07 Å². The lowest BCUT2D eigenvalue weighted by Gasteiger charge is -2.09. The van der Waals surface area contributed by atoms with Crippen molar-refractivity contribution in [3.05, 3.63) is 29.2 Å². The summed E-state index contributed by atoms with van der Waals surface area (Å²) >= 11 is 1.36. The quantitative estimate of drug-likeness (QED) is 0.725. The van der Waals surface area contributed by atoms with Gasteiger partial charge in [-0.3, -0.25) is 9.59 Å². The van der Waals surface area contributed by atoms with Gasteiger partial charge in [-0.05, 0) is 12.1 Å². The first-order valence-corrected chi connectivity index (χ1v) is 4.89. The van der Waals surface area contributed by atoms with E-state index in [0.717, 1.165) is 9.78 Å². The molecule has 0 fully saturated rings. The highest BCUT2D eigenvalue weighted by atomic mass is 32.1. The molecule has 5 heteroatoms. The number of amides is 2. The van der Waals surface area contributed by atoms with E-state index in [0.29, 0.717) is 11.5 Å². The van der Waals surface area contributed by atoms with Crippen LogP contribution in [0, 0.1) is 0 Å². The van der Waals surface area contributed by atoms with Crippen LogP contribution in [0.3, 0.4) is 0 Å². The zero-order chi connectivity index (χ0) is 10.1. The van der Waals surface area contributed by atoms with Crippen molar-refractivity contribution in [1.82, 2.24) is 0 Å². The normalized spacial score (nSPS) is 15.6. The summed E-state index contributed by atoms with van der Waals surface area (Å²) in [7, 11) is 0. The number of hydrogen-bond acceptors (Lipinski definition) is 4. The Balaban J connectivity index is 2.31. The maximum atomic E-state index is 11.3. The minimum absolute atomic E-state index is 0.291. The van der Waals surface area contributed by atoms with Gasteiger partial charge in [0.1, 0.15) is 5.00 Å². The predicted molar refractivity (Wildman–Crippen MR) is 53.8 cm³/mol. The number of anilines is 1. The molecule has 0 unspecified atom stereocenters. The van der Waals surface area contributed by atoms with Gasteiger partial charge in [0.2, 0.25) is 0 Å². The molecule has 1 aliphatic rings. The highest BCUT2D eigenvalue weighted by Gasteiger charge is 2.26. The SMILES string of the molecule is NCc1ccc(N2C(=O)C=CC2=O)s1. The van der Waals surface area contributed by atoms with E-state index in [1.54, 1.807) is 6.07 Å². The topological polar surface area (TPSA) is 63.4 Å². The van der Waals surface area contributed by atoms with Gasteiger partial charge in [0.15, 0.2) is 0 Å². The van der Waals surface area contributed by atoms with Crippen LogP contribution in [-0.2, 0) is 16.1 Å². The van der Waals surface area contributed by atoms with Gasteiger partial charge >= 0.3 is 0 Å². The maximum Gasteiger partial charge on any atom is 0.258 e. The summed E-state index contributed by atoms with van der Waals surface area (Å²) in [6.45, 7) is 0.425. The maximum absolute atomic E-state index is 11.3. The third-order valence-corrected chi connectivity index (χ3v) is 2.97. The molecule has 0 bridgehead atoms. The van der Waals surface area contributed by atoms with Gasteiger partial charge in [0.05, 0.1) is 0 Å². The van der Waals surface area contributed by atoms with Crippen LogP contribution in [-0.4, -0.2) is 11.8 Å². The molecular weight excluding hydrogens is 200 g/mol. The van der Waals surface area contributed by atoms with Gasteiger partial charge in [0.25, 0.3) is 11.8 Å². The van der Waals surface area contributed by atoms with Crippen molar-refractivity contribution in [2.24, 2.45) is 5.73 Å². The number of rotatable bonds is 2. The Bertz CT molecular complexity index is 404. The van der Waals surface area contributed by atoms with E-state index in [2.05, 4.69) is 0 Å². The minimum atomic E-state index is -0.291. The van der Waals surface area contributed by atoms with Gasteiger partial charge in [0, 0.05) is 23.6 Å². The zero-order valence-corrected chi connectivity index (χ0v) is 8.08. The monoisotopic (exact) mass is 208 g/mol. The van der Waals surface area contributed by atoms with Gasteiger partial charge in [-0.2, -0.15) is 0 Å². The summed E-state index contributed by atoms with van der Waals surface area (Å²) in [6, 6.07) is 3.55. The Morgan fingerprint density at radius 2 is 1.86 bits per heavy atom. The fraction of sp³-hybridized carbons (Fsp3) is 0.111. The molecule has 72 valence electrons. The van der Waals surface area contributed by atoms with Crippen LogP contribution in [0.1, 0.15) is 4.88 Å². The van der Waals surface area contributed by atoms with Gasteiger partial charge < -0.3 is 5.73 Å². The van der Waals surface area contributed by atoms with Crippen molar-refractivity contribution in [2.75, 3.05) is 4.90 Å². The van der Waals surface area contributed by atoms with E-state index >= 15 is 0 Å². The van der Waals surface area contributed by atoms with Crippen LogP contribution in [0.2, 0.25) is 0 Å². The van der Waals surface area contributed by atoms with E-state index < -0.39 is 0 Å². The van der Waals surface area contributed by atoms with Crippen LogP contribution in [0.15, 0.2) is 24.3 Å². The van der Waals surface area contributed by atoms with Crippen LogP contribution in [0.25, 0.3) is 0 Å². The molecule has 2 heterocycles. The van der Waals surface area contributed by atoms with Crippen LogP contribution in [0.5, 0.6) is 0 Å². The standard InChI is InChI=1S/C9H8N2O2S/c10-5-6-1-4-9(14-6)11-7(12)2-3-8(11)13/h1-4H,5,10H2. The number of nitrogens with zero attached hydrogens (tertiary/aromatic N) is 1. The van der Waals surface area contributed by atoms with Gasteiger partial charge in [-0.25, -0.2) is 4.90 Å². The van der Waals surface area contributed by atoms with Crippen molar-refractivity contribution in [3.8, 4) is 0 Å². The number of thiophene rings is 1. The molecule has 4 nitrogen and oxygen atoms in total. The van der Waals surface area contributed by atoms with Gasteiger partial charge in [-0.15, -0.1) is 11.3 Å². The smallest absolute Gasteiger partial charge is 0.258 e. The number of imide groups is 1. The average molecular weight is 208 g/mol. The fourth-order valence-electron chi connectivity index (χ4n) is 1.21. The molecule has 2 rings (SSSR count). The lowest BCUT2D eigenvalue weighted by atomic mass is 10.4. The van der Waals surface area contributed by atoms with Crippen molar-refractivity contribution >= 4 is 28.2 Å². The summed E-state index contributed by atoms with van der Waals surface area (Å²) in [4.78, 5) is 24.6. The lowest BCUT2D eigenvalue weighted by Crippen LogP contribution is -2.28. The third-order valence-electron chi connectivity index (χ3n) is 1.88. The summed E-state index contributed by atoms with van der Waals surface area (Å²) in [5.74, 6) is -0.583. The Morgan fingerprint density at radius 3 is 2.36 bits per heavy atom. The Morgan fingerprint density at radius 1 is 1.21 bits per heavy atom. The Hall–Kier alpha value is -1.46. The molecule has 0 saturated carbocycles. The summed E-state index contributed by atoms with van der Waals surface area (Å²) in [5, 5.41) is 0.630. The van der Waals surface area contributed by atoms with Crippen molar-refractivity contribution < 1.29 is 9.59 Å². The number of carbonyl (C=O) groups is 2. The summed E-state index contributed by atoms with van der Waals surface area (Å²) < 4.78 is 0. The molecule has 0 atom stereocenters. The largest absolute Gasteiger partial charge is 0.326 e. The van der Waals surface area contributed by atoms with E-state index in [4.69, 9.17) is 5.73 Å². The molecular formula is C9H8N2O2S. The first-order valence-electron chi connectivity index (χ1n) is 4.07. The molecule has 0 saturated heterocycles. The van der Waals surface area contributed by atoms with E-state index in [9.17, 15) is 9.59 Å². The second-order valence-corrected chi connectivity index (χ2v) is 3.94. The summed E-state index contributed by atoms with van der Waals surface area (Å²) in [6.07, 6.45) is 2.54. The highest BCUT2D eigenvalue weighted by molar-refractivity contribution is 7.16. The molecule has 1 aliphatic heterocycles. The summed E-state index contributed by atoms with van der Waals surface area (Å²) in [5.41, 5.74) is 5.44. The fourth-order valence-corrected chi connectivity index (χ4v) is 2.11. The Kier molecular flexibility index (Phi) is 2.18. The highest BCUT2D eigenvalue weighted by Crippen LogP contribution is 2.27. The Labute approximate surface area is 84.6 Å². The van der Waals surface area contributed by atoms with Crippen LogP contribution < -0.4 is 10.6 Å². The van der Waals surface area contributed by atoms with Gasteiger partial charge in [-0.1, -0.05) is 0 Å². The molecule has 0 aromatic carbocycles. The predicted octanol–water partition coefficient (Wildman–Crippen LogP) is 0.636. The average Bonchev–Trinajstić information content (AvgIpc) is 2.73. The third kappa shape index (κ3) is 1.36. The molecule has 14 heavy (non-hydrogen) atoms.